The monoisotopic (exact) mass is 250 g/mol. The SMILES string of the molecule is C1=C(Cc2cncnc2)NNC(c2ccccc2)=C1. The molecule has 4 nitrogen and oxygen atoms in total. The number of hydrazine groups is 1. The maximum absolute atomic E-state index is 4.01. The number of rotatable bonds is 3. The Morgan fingerprint density at radius 2 is 1.68 bits per heavy atom. The maximum Gasteiger partial charge on any atom is 0.115 e. The Bertz CT molecular complexity index is 603. The third-order valence-corrected chi connectivity index (χ3v) is 2.90. The number of nitrogens with one attached hydrogen (secondary N) is 2. The molecule has 0 unspecified atom stereocenters. The van der Waals surface area contributed by atoms with Gasteiger partial charge in [0.2, 0.25) is 0 Å². The van der Waals surface area contributed by atoms with E-state index in [-0.39, 0.29) is 0 Å². The molecule has 4 heteroatoms. The summed E-state index contributed by atoms with van der Waals surface area (Å²) >= 11 is 0. The molecule has 3 rings (SSSR count). The zero-order valence-corrected chi connectivity index (χ0v) is 10.4. The van der Waals surface area contributed by atoms with E-state index in [0.29, 0.717) is 0 Å². The lowest BCUT2D eigenvalue weighted by Crippen LogP contribution is -2.32. The molecule has 0 atom stereocenters. The van der Waals surface area contributed by atoms with Gasteiger partial charge in [0.1, 0.15) is 6.33 Å². The van der Waals surface area contributed by atoms with Crippen LogP contribution in [0.5, 0.6) is 0 Å². The molecule has 1 aliphatic heterocycles. The van der Waals surface area contributed by atoms with Crippen molar-refractivity contribution in [2.75, 3.05) is 0 Å². The van der Waals surface area contributed by atoms with Gasteiger partial charge >= 0.3 is 0 Å². The van der Waals surface area contributed by atoms with Crippen molar-refractivity contribution >= 4 is 5.70 Å². The Kier molecular flexibility index (Phi) is 3.23. The molecule has 0 spiro atoms. The van der Waals surface area contributed by atoms with Gasteiger partial charge in [-0.05, 0) is 23.3 Å². The second-order valence-electron chi connectivity index (χ2n) is 4.31. The number of hydrogen-bond donors (Lipinski definition) is 2. The molecule has 0 fully saturated rings. The normalized spacial score (nSPS) is 13.9. The third-order valence-electron chi connectivity index (χ3n) is 2.90. The molecule has 0 amide bonds. The summed E-state index contributed by atoms with van der Waals surface area (Å²) in [5.74, 6) is 0. The molecule has 1 aliphatic rings. The van der Waals surface area contributed by atoms with Gasteiger partial charge in [-0.2, -0.15) is 0 Å². The van der Waals surface area contributed by atoms with Crippen LogP contribution < -0.4 is 10.9 Å². The van der Waals surface area contributed by atoms with E-state index in [1.807, 2.05) is 30.6 Å². The van der Waals surface area contributed by atoms with E-state index in [1.54, 1.807) is 0 Å². The van der Waals surface area contributed by atoms with Crippen molar-refractivity contribution in [1.29, 1.82) is 0 Å². The third kappa shape index (κ3) is 2.80. The van der Waals surface area contributed by atoms with Gasteiger partial charge in [0.15, 0.2) is 0 Å². The Hall–Kier alpha value is -2.62. The summed E-state index contributed by atoms with van der Waals surface area (Å²) in [4.78, 5) is 8.02. The van der Waals surface area contributed by atoms with Crippen LogP contribution in [0.25, 0.3) is 5.70 Å². The topological polar surface area (TPSA) is 49.8 Å². The van der Waals surface area contributed by atoms with Crippen molar-refractivity contribution in [1.82, 2.24) is 20.8 Å². The lowest BCUT2D eigenvalue weighted by atomic mass is 10.1. The second kappa shape index (κ2) is 5.35. The molecular formula is C15H14N4. The molecule has 94 valence electrons. The van der Waals surface area contributed by atoms with Crippen molar-refractivity contribution in [3.05, 3.63) is 78.0 Å². The summed E-state index contributed by atoms with van der Waals surface area (Å²) < 4.78 is 0. The van der Waals surface area contributed by atoms with E-state index in [9.17, 15) is 0 Å². The average Bonchev–Trinajstić information content (AvgIpc) is 2.50. The first kappa shape index (κ1) is 11.5. The van der Waals surface area contributed by atoms with Crippen LogP contribution in [-0.4, -0.2) is 9.97 Å². The second-order valence-corrected chi connectivity index (χ2v) is 4.31. The predicted octanol–water partition coefficient (Wildman–Crippen LogP) is 2.05. The predicted molar refractivity (Wildman–Crippen MR) is 74.5 cm³/mol. The van der Waals surface area contributed by atoms with Gasteiger partial charge in [0, 0.05) is 24.5 Å². The number of hydrogen-bond acceptors (Lipinski definition) is 4. The van der Waals surface area contributed by atoms with Crippen LogP contribution in [0.4, 0.5) is 0 Å². The fourth-order valence-corrected chi connectivity index (χ4v) is 1.95. The Labute approximate surface area is 111 Å². The van der Waals surface area contributed by atoms with Crippen LogP contribution >= 0.6 is 0 Å². The largest absolute Gasteiger partial charge is 0.305 e. The van der Waals surface area contributed by atoms with Crippen LogP contribution in [0, 0.1) is 0 Å². The van der Waals surface area contributed by atoms with Crippen molar-refractivity contribution in [3.63, 3.8) is 0 Å². The highest BCUT2D eigenvalue weighted by molar-refractivity contribution is 5.66. The number of benzene rings is 1. The van der Waals surface area contributed by atoms with Gasteiger partial charge in [0.05, 0.1) is 5.70 Å². The van der Waals surface area contributed by atoms with Crippen LogP contribution in [0.1, 0.15) is 11.1 Å². The van der Waals surface area contributed by atoms with E-state index in [2.05, 4.69) is 45.1 Å². The minimum atomic E-state index is 0.784. The van der Waals surface area contributed by atoms with Gasteiger partial charge in [-0.1, -0.05) is 30.3 Å². The van der Waals surface area contributed by atoms with Crippen molar-refractivity contribution in [2.45, 2.75) is 6.42 Å². The summed E-state index contributed by atoms with van der Waals surface area (Å²) in [5, 5.41) is 0. The summed E-state index contributed by atoms with van der Waals surface area (Å²) in [6.07, 6.45) is 10.1. The first-order chi connectivity index (χ1) is 9.42. The molecule has 0 bridgehead atoms. The molecule has 2 aromatic rings. The standard InChI is InChI=1S/C15H14N4/c1-2-4-13(5-3-1)15-7-6-14(18-19-15)8-12-9-16-11-17-10-12/h1-7,9-11,18-19H,8H2. The lowest BCUT2D eigenvalue weighted by Gasteiger charge is -2.19. The quantitative estimate of drug-likeness (QED) is 0.875. The minimum Gasteiger partial charge on any atom is -0.305 e. The highest BCUT2D eigenvalue weighted by Crippen LogP contribution is 2.14. The van der Waals surface area contributed by atoms with Crippen molar-refractivity contribution in [3.8, 4) is 0 Å². The first-order valence-electron chi connectivity index (χ1n) is 6.14. The van der Waals surface area contributed by atoms with E-state index in [4.69, 9.17) is 0 Å². The fraction of sp³-hybridized carbons (Fsp3) is 0.0667. The molecule has 19 heavy (non-hydrogen) atoms. The smallest absolute Gasteiger partial charge is 0.115 e. The number of nitrogens with zero attached hydrogens (tertiary/aromatic N) is 2. The fourth-order valence-electron chi connectivity index (χ4n) is 1.95. The van der Waals surface area contributed by atoms with Gasteiger partial charge < -0.3 is 10.9 Å². The van der Waals surface area contributed by atoms with Crippen LogP contribution in [0.15, 0.2) is 66.9 Å². The van der Waals surface area contributed by atoms with Crippen LogP contribution in [0.2, 0.25) is 0 Å². The number of allylic oxidation sites excluding steroid dienone is 3. The Balaban J connectivity index is 1.74. The van der Waals surface area contributed by atoms with Crippen molar-refractivity contribution < 1.29 is 0 Å². The lowest BCUT2D eigenvalue weighted by molar-refractivity contribution is 0.712. The Morgan fingerprint density at radius 1 is 0.895 bits per heavy atom. The molecule has 0 saturated carbocycles. The van der Waals surface area contributed by atoms with Crippen LogP contribution in [0.3, 0.4) is 0 Å². The zero-order valence-electron chi connectivity index (χ0n) is 10.4. The zero-order chi connectivity index (χ0) is 12.9. The molecule has 1 aromatic heterocycles. The van der Waals surface area contributed by atoms with Gasteiger partial charge in [-0.15, -0.1) is 0 Å². The highest BCUT2D eigenvalue weighted by atomic mass is 15.4. The van der Waals surface area contributed by atoms with Gasteiger partial charge in [0.25, 0.3) is 0 Å². The van der Waals surface area contributed by atoms with E-state index in [1.165, 1.54) is 6.33 Å². The van der Waals surface area contributed by atoms with Gasteiger partial charge in [-0.3, -0.25) is 0 Å². The average molecular weight is 250 g/mol. The van der Waals surface area contributed by atoms with Gasteiger partial charge in [-0.25, -0.2) is 9.97 Å². The molecule has 2 N–H and O–H groups in total. The van der Waals surface area contributed by atoms with Crippen molar-refractivity contribution in [2.24, 2.45) is 0 Å². The summed E-state index contributed by atoms with van der Waals surface area (Å²) in [7, 11) is 0. The molecule has 1 aromatic carbocycles. The maximum atomic E-state index is 4.01. The summed E-state index contributed by atoms with van der Waals surface area (Å²) in [5.41, 5.74) is 10.8. The number of aromatic nitrogens is 2. The van der Waals surface area contributed by atoms with E-state index in [0.717, 1.165) is 28.9 Å². The highest BCUT2D eigenvalue weighted by Gasteiger charge is 2.06. The molecular weight excluding hydrogens is 236 g/mol. The minimum absolute atomic E-state index is 0.784. The van der Waals surface area contributed by atoms with E-state index >= 15 is 0 Å². The first-order valence-corrected chi connectivity index (χ1v) is 6.14. The summed E-state index contributed by atoms with van der Waals surface area (Å²) in [6, 6.07) is 10.2. The van der Waals surface area contributed by atoms with E-state index < -0.39 is 0 Å². The molecule has 2 heterocycles. The Morgan fingerprint density at radius 3 is 2.37 bits per heavy atom. The molecule has 0 aliphatic carbocycles. The molecule has 0 saturated heterocycles. The summed E-state index contributed by atoms with van der Waals surface area (Å²) in [6.45, 7) is 0. The van der Waals surface area contributed by atoms with Crippen LogP contribution in [-0.2, 0) is 6.42 Å². The molecule has 0 radical (unpaired) electrons.